The van der Waals surface area contributed by atoms with Crippen molar-refractivity contribution in [3.63, 3.8) is 0 Å². The molecular weight excluding hydrogens is 655 g/mol. The maximum absolute atomic E-state index is 14.2. The first-order valence-electron chi connectivity index (χ1n) is 20.7. The predicted molar refractivity (Wildman–Crippen MR) is 216 cm³/mol. The van der Waals surface area contributed by atoms with Gasteiger partial charge in [0.25, 0.3) is 0 Å². The van der Waals surface area contributed by atoms with Gasteiger partial charge in [0.05, 0.1) is 24.4 Å². The van der Waals surface area contributed by atoms with E-state index in [4.69, 9.17) is 0 Å². The molecule has 6 nitrogen and oxygen atoms in total. The number of hydrogen-bond donors (Lipinski definition) is 3. The van der Waals surface area contributed by atoms with Gasteiger partial charge in [-0.1, -0.05) is 122 Å². The first kappa shape index (κ1) is 45.6. The average Bonchev–Trinajstić information content (AvgIpc) is 3.55. The number of unbranched alkanes of at least 4 members (excludes halogenated alkanes) is 18. The van der Waals surface area contributed by atoms with Crippen LogP contribution in [0.25, 0.3) is 5.57 Å². The summed E-state index contributed by atoms with van der Waals surface area (Å²) in [6.07, 6.45) is 29.1. The summed E-state index contributed by atoms with van der Waals surface area (Å²) in [5.41, 5.74) is 6.43. The molecule has 1 amide bonds. The summed E-state index contributed by atoms with van der Waals surface area (Å²) in [7, 11) is -0.558. The highest BCUT2D eigenvalue weighted by atomic mass is 19.2. The van der Waals surface area contributed by atoms with Crippen LogP contribution in [0.2, 0.25) is 0 Å². The molecule has 0 saturated carbocycles. The zero-order valence-corrected chi connectivity index (χ0v) is 33.8. The second kappa shape index (κ2) is 26.3. The minimum atomic E-state index is -2.58. The number of carbonyl (C=O) groups is 1. The minimum absolute atomic E-state index is 0.129. The number of carbonyl (C=O) groups excluding carboxylic acids is 1. The van der Waals surface area contributed by atoms with E-state index in [1.807, 2.05) is 26.1 Å². The molecule has 0 radical (unpaired) electrons. The summed E-state index contributed by atoms with van der Waals surface area (Å²) in [6.45, 7) is 9.77. The Labute approximate surface area is 316 Å². The van der Waals surface area contributed by atoms with Gasteiger partial charge < -0.3 is 20.1 Å². The Kier molecular flexibility index (Phi) is 23.1. The van der Waals surface area contributed by atoms with Crippen LogP contribution < -0.4 is 5.32 Å². The van der Waals surface area contributed by atoms with Gasteiger partial charge in [-0.2, -0.15) is 0 Å². The fourth-order valence-corrected chi connectivity index (χ4v) is 7.62. The normalized spacial score (nSPS) is 15.5. The number of aliphatic hydroxyl groups excluding tert-OH is 2. The molecule has 0 unspecified atom stereocenters. The number of nitrogens with one attached hydrogen (secondary N) is 1. The molecule has 0 fully saturated rings. The van der Waals surface area contributed by atoms with E-state index in [0.717, 1.165) is 98.7 Å². The summed E-state index contributed by atoms with van der Waals surface area (Å²) in [5, 5.41) is 23.1. The van der Waals surface area contributed by atoms with E-state index in [2.05, 4.69) is 36.7 Å². The number of aliphatic hydroxyl groups is 2. The fraction of sp³-hybridized carbons (Fsp3) is 0.721. The maximum atomic E-state index is 14.2. The van der Waals surface area contributed by atoms with Crippen molar-refractivity contribution in [2.75, 3.05) is 6.61 Å². The molecule has 2 rings (SSSR count). The van der Waals surface area contributed by atoms with E-state index < -0.39 is 19.5 Å². The van der Waals surface area contributed by atoms with Crippen LogP contribution in [0.1, 0.15) is 179 Å². The zero-order valence-electron chi connectivity index (χ0n) is 33.8. The number of halogens is 2. The Morgan fingerprint density at radius 3 is 1.87 bits per heavy atom. The molecular formula is C43H73BF2N3O3+. The van der Waals surface area contributed by atoms with Gasteiger partial charge in [0.15, 0.2) is 11.4 Å². The van der Waals surface area contributed by atoms with Gasteiger partial charge in [0.2, 0.25) is 5.91 Å². The van der Waals surface area contributed by atoms with Crippen LogP contribution in [0.5, 0.6) is 0 Å². The number of aromatic nitrogens is 1. The molecule has 1 aromatic heterocycles. The van der Waals surface area contributed by atoms with Gasteiger partial charge in [0.1, 0.15) is 0 Å². The highest BCUT2D eigenvalue weighted by Gasteiger charge is 2.44. The summed E-state index contributed by atoms with van der Waals surface area (Å²) in [6, 6.07) is 1.45. The molecule has 1 aliphatic heterocycles. The van der Waals surface area contributed by atoms with Gasteiger partial charge in [0, 0.05) is 43.3 Å². The molecule has 52 heavy (non-hydrogen) atoms. The van der Waals surface area contributed by atoms with Crippen molar-refractivity contribution >= 4 is 24.6 Å². The highest BCUT2D eigenvalue weighted by molar-refractivity contribution is 6.35. The molecule has 2 heterocycles. The van der Waals surface area contributed by atoms with Gasteiger partial charge >= 0.3 is 7.40 Å². The first-order chi connectivity index (χ1) is 25.0. The van der Waals surface area contributed by atoms with Gasteiger partial charge in [-0.25, -0.2) is 13.1 Å². The topological polar surface area (TPSA) is 77.5 Å². The van der Waals surface area contributed by atoms with Crippen molar-refractivity contribution in [1.82, 2.24) is 9.88 Å². The Morgan fingerprint density at radius 2 is 1.37 bits per heavy atom. The van der Waals surface area contributed by atoms with E-state index >= 15 is 0 Å². The van der Waals surface area contributed by atoms with Crippen molar-refractivity contribution in [3.05, 3.63) is 52.5 Å². The number of nitrogens with zero attached hydrogens (tertiary/aromatic N) is 2. The van der Waals surface area contributed by atoms with Crippen molar-refractivity contribution in [1.29, 1.82) is 0 Å². The van der Waals surface area contributed by atoms with Crippen LogP contribution in [0.15, 0.2) is 35.6 Å². The number of amides is 1. The highest BCUT2D eigenvalue weighted by Crippen LogP contribution is 2.35. The number of aryl methyl sites for hydroxylation is 2. The standard InChI is InChI=1S/C43H72BF2N3O3/c1-7-8-9-10-11-12-13-14-15-16-20-23-26-29-40(51)39(33-50)47-41(52)30-27-24-21-18-17-19-22-25-28-38(42-34(2)31-36(4)48(42)6)43-35(3)32-37(5)49(43)44(45)46/h26,29,31-32,39-40,50-51H,7-25,27-28,30,33H2,1-6H3/p+1/b29-26+/t39-,40+/m0/s1. The Bertz CT molecular complexity index is 1320. The average molecular weight is 729 g/mol. The third-order valence-electron chi connectivity index (χ3n) is 10.7. The lowest BCUT2D eigenvalue weighted by atomic mass is 9.95. The molecule has 0 aliphatic carbocycles. The molecule has 1 aromatic rings. The van der Waals surface area contributed by atoms with E-state index in [9.17, 15) is 23.6 Å². The summed E-state index contributed by atoms with van der Waals surface area (Å²) < 4.78 is 31.7. The predicted octanol–water partition coefficient (Wildman–Crippen LogP) is 10.7. The van der Waals surface area contributed by atoms with Crippen LogP contribution in [0, 0.1) is 13.8 Å². The van der Waals surface area contributed by atoms with Gasteiger partial charge in [-0.05, 0) is 64.5 Å². The third kappa shape index (κ3) is 16.2. The van der Waals surface area contributed by atoms with Crippen LogP contribution in [0.4, 0.5) is 8.63 Å². The number of allylic oxidation sites excluding steroid dienone is 4. The van der Waals surface area contributed by atoms with Crippen LogP contribution >= 0.6 is 0 Å². The molecule has 294 valence electrons. The molecule has 0 spiro atoms. The molecule has 1 aliphatic rings. The lowest BCUT2D eigenvalue weighted by Crippen LogP contribution is -2.45. The van der Waals surface area contributed by atoms with Crippen molar-refractivity contribution in [3.8, 4) is 0 Å². The second-order valence-electron chi connectivity index (χ2n) is 15.2. The molecule has 2 atom stereocenters. The molecule has 9 heteroatoms. The Hall–Kier alpha value is -2.52. The van der Waals surface area contributed by atoms with Crippen molar-refractivity contribution in [2.45, 2.75) is 188 Å². The number of hydrogen-bond acceptors (Lipinski definition) is 3. The van der Waals surface area contributed by atoms with Gasteiger partial charge in [-0.3, -0.25) is 4.79 Å². The van der Waals surface area contributed by atoms with Crippen molar-refractivity contribution < 1.29 is 28.1 Å². The first-order valence-corrected chi connectivity index (χ1v) is 20.7. The van der Waals surface area contributed by atoms with Crippen molar-refractivity contribution in [2.24, 2.45) is 7.05 Å². The van der Waals surface area contributed by atoms with E-state index in [-0.39, 0.29) is 12.5 Å². The minimum Gasteiger partial charge on any atom is -0.394 e. The SMILES string of the molecule is CCCCCCCCCCCCC/C=C/[C@@H](O)[C@H](CO)NC(=O)CCCCCCCCCCC(=C1C(C)=CC(C)=[N+]1B(F)F)c1c(C)cc(C)n1C. The van der Waals surface area contributed by atoms with Crippen LogP contribution in [0.3, 0.4) is 0 Å². The Balaban J connectivity index is 1.61. The molecule has 0 saturated heterocycles. The zero-order chi connectivity index (χ0) is 38.3. The second-order valence-corrected chi connectivity index (χ2v) is 15.2. The lowest BCUT2D eigenvalue weighted by Gasteiger charge is -2.20. The quantitative estimate of drug-likeness (QED) is 0.0437. The Morgan fingerprint density at radius 1 is 0.846 bits per heavy atom. The van der Waals surface area contributed by atoms with E-state index in [0.29, 0.717) is 17.8 Å². The monoisotopic (exact) mass is 729 g/mol. The fourth-order valence-electron chi connectivity index (χ4n) is 7.62. The van der Waals surface area contributed by atoms with Gasteiger partial charge in [-0.15, -0.1) is 0 Å². The van der Waals surface area contributed by atoms with Crippen LogP contribution in [-0.4, -0.2) is 57.0 Å². The summed E-state index contributed by atoms with van der Waals surface area (Å²) in [5.74, 6) is -0.129. The van der Waals surface area contributed by atoms with Crippen LogP contribution in [-0.2, 0) is 11.8 Å². The maximum Gasteiger partial charge on any atom is 0.934 e. The molecule has 0 bridgehead atoms. The lowest BCUT2D eigenvalue weighted by molar-refractivity contribution is -0.343. The number of rotatable bonds is 29. The van der Waals surface area contributed by atoms with E-state index in [1.54, 1.807) is 13.0 Å². The summed E-state index contributed by atoms with van der Waals surface area (Å²) in [4.78, 5) is 12.5. The molecule has 3 N–H and O–H groups in total. The molecule has 0 aromatic carbocycles. The summed E-state index contributed by atoms with van der Waals surface area (Å²) >= 11 is 0. The van der Waals surface area contributed by atoms with E-state index in [1.165, 1.54) is 68.7 Å². The third-order valence-corrected chi connectivity index (χ3v) is 10.7. The largest absolute Gasteiger partial charge is 0.934 e. The smallest absolute Gasteiger partial charge is 0.394 e.